The molecular formula is C38H38Br2N7O2+. The van der Waals surface area contributed by atoms with Gasteiger partial charge in [-0.2, -0.15) is 4.57 Å². The molecule has 1 fully saturated rings. The van der Waals surface area contributed by atoms with Crippen LogP contribution in [0.2, 0.25) is 0 Å². The van der Waals surface area contributed by atoms with Crippen LogP contribution < -0.4 is 4.57 Å². The summed E-state index contributed by atoms with van der Waals surface area (Å²) in [5.74, 6) is 0.855. The van der Waals surface area contributed by atoms with Gasteiger partial charge < -0.3 is 14.5 Å². The van der Waals surface area contributed by atoms with Crippen molar-refractivity contribution in [3.63, 3.8) is 0 Å². The van der Waals surface area contributed by atoms with Crippen LogP contribution in [0.1, 0.15) is 24.0 Å². The number of imide groups is 1. The van der Waals surface area contributed by atoms with Gasteiger partial charge in [0.15, 0.2) is 11.0 Å². The molecule has 1 aliphatic rings. The Morgan fingerprint density at radius 2 is 1.37 bits per heavy atom. The second-order valence-electron chi connectivity index (χ2n) is 11.7. The smallest absolute Gasteiger partial charge is 0.250 e. The van der Waals surface area contributed by atoms with Crippen molar-refractivity contribution in [2.24, 2.45) is 14.1 Å². The second-order valence-corrected chi connectivity index (χ2v) is 12.4. The van der Waals surface area contributed by atoms with Gasteiger partial charge in [-0.05, 0) is 55.8 Å². The van der Waals surface area contributed by atoms with E-state index in [2.05, 4.69) is 140 Å². The molecule has 0 bridgehead atoms. The number of nitrogens with zero attached hydrogens (tertiary/aromatic N) is 5. The lowest BCUT2D eigenvalue weighted by atomic mass is 10.2. The fourth-order valence-corrected chi connectivity index (χ4v) is 6.15. The molecule has 0 atom stereocenters. The highest BCUT2D eigenvalue weighted by Crippen LogP contribution is 2.26. The monoisotopic (exact) mass is 782 g/mol. The molecule has 5 heterocycles. The van der Waals surface area contributed by atoms with Crippen molar-refractivity contribution >= 4 is 88.8 Å². The van der Waals surface area contributed by atoms with Gasteiger partial charge in [0.1, 0.15) is 0 Å². The van der Waals surface area contributed by atoms with Crippen molar-refractivity contribution < 1.29 is 14.2 Å². The van der Waals surface area contributed by atoms with Gasteiger partial charge in [-0.1, -0.05) is 60.7 Å². The van der Waals surface area contributed by atoms with Crippen LogP contribution in [-0.4, -0.2) is 39.8 Å². The summed E-state index contributed by atoms with van der Waals surface area (Å²) in [6, 6.07) is 33.3. The largest absolute Gasteiger partial charge is 0.361 e. The van der Waals surface area contributed by atoms with E-state index in [0.29, 0.717) is 12.8 Å². The summed E-state index contributed by atoms with van der Waals surface area (Å²) in [5.41, 5.74) is 9.68. The lowest BCUT2D eigenvalue weighted by molar-refractivity contribution is -0.645. The number of nitrogens with one attached hydrogen (secondary N) is 2. The molecule has 9 rings (SSSR count). The standard InChI is InChI=1S/C17H16N3.C9H9N.C8H8N2.C4H4BrNO2.BrH/c1-12-13-7-3-4-8-14(13)18-17(12)20-11-19(2)15-9-5-6-10-16(15)20;1-7-6-10-9-5-3-2-4-8(7)9;1-10-6-9-7-4-2-3-5-8(7)10;5-6-3(7)1-2-4(6)8;/h3-11,18H,1-2H3;2-6,10H,1H3;2-6H,1H3;1-2H2;1H/q+1;;;;. The summed E-state index contributed by atoms with van der Waals surface area (Å²) in [5, 5.41) is 2.60. The van der Waals surface area contributed by atoms with E-state index in [1.54, 1.807) is 0 Å². The molecule has 0 unspecified atom stereocenters. The number of imidazole rings is 2. The number of hydrogen-bond donors (Lipinski definition) is 2. The maximum absolute atomic E-state index is 10.4. The molecule has 9 nitrogen and oxygen atoms in total. The third-order valence-corrected chi connectivity index (χ3v) is 9.20. The highest BCUT2D eigenvalue weighted by molar-refractivity contribution is 9.08. The zero-order valence-electron chi connectivity index (χ0n) is 27.7. The molecule has 4 aromatic carbocycles. The molecule has 49 heavy (non-hydrogen) atoms. The van der Waals surface area contributed by atoms with E-state index in [1.165, 1.54) is 49.5 Å². The predicted octanol–water partition coefficient (Wildman–Crippen LogP) is 8.32. The van der Waals surface area contributed by atoms with Crippen molar-refractivity contribution in [1.82, 2.24) is 28.0 Å². The summed E-state index contributed by atoms with van der Waals surface area (Å²) in [6.07, 6.45) is 6.69. The summed E-state index contributed by atoms with van der Waals surface area (Å²) in [6.45, 7) is 4.28. The van der Waals surface area contributed by atoms with Crippen molar-refractivity contribution in [2.45, 2.75) is 26.7 Å². The van der Waals surface area contributed by atoms with Gasteiger partial charge in [0.05, 0.1) is 40.6 Å². The van der Waals surface area contributed by atoms with Crippen molar-refractivity contribution in [2.75, 3.05) is 0 Å². The SMILES string of the molecule is Br.Cc1c(-n2c[n+](C)c3ccccc32)[nH]c2ccccc12.Cc1c[nH]c2ccccc12.Cn1cnc2ccccc21.O=C1CCC(=O)N1Br. The number of aryl methyl sites for hydroxylation is 4. The Balaban J connectivity index is 0.000000137. The van der Waals surface area contributed by atoms with E-state index in [-0.39, 0.29) is 28.8 Å². The number of carbonyl (C=O) groups excluding carboxylic acids is 2. The Kier molecular flexibility index (Phi) is 11.2. The van der Waals surface area contributed by atoms with Crippen molar-refractivity contribution in [3.8, 4) is 5.82 Å². The normalized spacial score (nSPS) is 12.3. The second kappa shape index (κ2) is 15.5. The number of para-hydroxylation sites is 6. The van der Waals surface area contributed by atoms with E-state index in [4.69, 9.17) is 0 Å². The van der Waals surface area contributed by atoms with E-state index < -0.39 is 0 Å². The highest BCUT2D eigenvalue weighted by Gasteiger charge is 2.26. The first-order valence-electron chi connectivity index (χ1n) is 15.7. The summed E-state index contributed by atoms with van der Waals surface area (Å²) < 4.78 is 7.37. The summed E-state index contributed by atoms with van der Waals surface area (Å²) in [7, 11) is 4.08. The van der Waals surface area contributed by atoms with Gasteiger partial charge in [-0.25, -0.2) is 13.5 Å². The molecule has 2 amide bonds. The number of halogens is 2. The lowest BCUT2D eigenvalue weighted by Crippen LogP contribution is -2.25. The van der Waals surface area contributed by atoms with Crippen LogP contribution in [0.25, 0.3) is 49.7 Å². The van der Waals surface area contributed by atoms with Gasteiger partial charge in [0.2, 0.25) is 17.6 Å². The first kappa shape index (κ1) is 35.3. The molecule has 0 saturated carbocycles. The summed E-state index contributed by atoms with van der Waals surface area (Å²) >= 11 is 2.80. The fourth-order valence-electron chi connectivity index (χ4n) is 5.80. The van der Waals surface area contributed by atoms with E-state index in [1.807, 2.05) is 48.4 Å². The Hall–Kier alpha value is -5.00. The third-order valence-electron chi connectivity index (χ3n) is 8.41. The molecule has 1 aliphatic heterocycles. The Bertz CT molecular complexity index is 2300. The number of H-pyrrole nitrogens is 2. The third kappa shape index (κ3) is 7.53. The zero-order valence-corrected chi connectivity index (χ0v) is 31.0. The highest BCUT2D eigenvalue weighted by atomic mass is 79.9. The lowest BCUT2D eigenvalue weighted by Gasteiger charge is -1.97. The maximum Gasteiger partial charge on any atom is 0.250 e. The van der Waals surface area contributed by atoms with Crippen molar-refractivity contribution in [3.05, 3.63) is 127 Å². The number of hydrogen-bond acceptors (Lipinski definition) is 3. The Labute approximate surface area is 303 Å². The first-order valence-corrected chi connectivity index (χ1v) is 16.4. The molecule has 0 aliphatic carbocycles. The number of carbonyl (C=O) groups is 2. The van der Waals surface area contributed by atoms with Crippen LogP contribution in [0, 0.1) is 13.8 Å². The number of aromatic nitrogens is 6. The van der Waals surface area contributed by atoms with E-state index in [9.17, 15) is 9.59 Å². The molecule has 0 spiro atoms. The molecule has 1 saturated heterocycles. The summed E-state index contributed by atoms with van der Waals surface area (Å²) in [4.78, 5) is 31.8. The van der Waals surface area contributed by atoms with Gasteiger partial charge in [-0.15, -0.1) is 17.0 Å². The van der Waals surface area contributed by atoms with Crippen molar-refractivity contribution in [1.29, 1.82) is 0 Å². The van der Waals surface area contributed by atoms with Crippen LogP contribution in [0.15, 0.2) is 116 Å². The zero-order chi connectivity index (χ0) is 33.8. The van der Waals surface area contributed by atoms with Crippen LogP contribution in [0.3, 0.4) is 0 Å². The van der Waals surface area contributed by atoms with Gasteiger partial charge in [0.25, 0.3) is 6.33 Å². The average molecular weight is 785 g/mol. The van der Waals surface area contributed by atoms with Crippen LogP contribution in [0.5, 0.6) is 0 Å². The number of aromatic amines is 2. The fraction of sp³-hybridized carbons (Fsp3) is 0.158. The molecule has 2 N–H and O–H groups in total. The number of rotatable bonds is 1. The molecule has 8 aromatic rings. The molecule has 250 valence electrons. The van der Waals surface area contributed by atoms with E-state index >= 15 is 0 Å². The number of benzene rings is 4. The average Bonchev–Trinajstić information content (AvgIpc) is 3.93. The van der Waals surface area contributed by atoms with Crippen LogP contribution in [-0.2, 0) is 23.7 Å². The molecular weight excluding hydrogens is 746 g/mol. The van der Waals surface area contributed by atoms with Gasteiger partial charge >= 0.3 is 0 Å². The van der Waals surface area contributed by atoms with Crippen LogP contribution in [0.4, 0.5) is 0 Å². The number of amides is 2. The molecule has 0 radical (unpaired) electrons. The molecule has 11 heteroatoms. The van der Waals surface area contributed by atoms with E-state index in [0.717, 1.165) is 15.3 Å². The Morgan fingerprint density at radius 1 is 0.776 bits per heavy atom. The Morgan fingerprint density at radius 3 is 2.00 bits per heavy atom. The minimum Gasteiger partial charge on any atom is -0.361 e. The minimum atomic E-state index is -0.144. The quantitative estimate of drug-likeness (QED) is 0.0997. The predicted molar refractivity (Wildman–Crippen MR) is 205 cm³/mol. The maximum atomic E-state index is 10.4. The molecule has 4 aromatic heterocycles. The van der Waals surface area contributed by atoms with Gasteiger partial charge in [0, 0.05) is 53.5 Å². The van der Waals surface area contributed by atoms with Crippen LogP contribution >= 0.6 is 33.1 Å². The topological polar surface area (TPSA) is 95.6 Å². The number of fused-ring (bicyclic) bond motifs is 4. The minimum absolute atomic E-state index is 0. The first-order chi connectivity index (χ1) is 23.2. The van der Waals surface area contributed by atoms with Gasteiger partial charge in [-0.3, -0.25) is 9.59 Å².